The minimum absolute atomic E-state index is 0.0997. The van der Waals surface area contributed by atoms with Gasteiger partial charge in [-0.15, -0.1) is 0 Å². The maximum atomic E-state index is 14.5. The van der Waals surface area contributed by atoms with Crippen molar-refractivity contribution in [3.05, 3.63) is 46.9 Å². The Hall–Kier alpha value is -2.57. The summed E-state index contributed by atoms with van der Waals surface area (Å²) < 4.78 is 20.5. The zero-order valence-electron chi connectivity index (χ0n) is 15.3. The lowest BCUT2D eigenvalue weighted by Crippen LogP contribution is -2.55. The molecule has 2 aromatic carbocycles. The zero-order valence-corrected chi connectivity index (χ0v) is 16.1. The molecular weight excluding hydrogens is 381 g/mol. The minimum atomic E-state index is -0.521. The number of piperazine rings is 1. The molecular formula is C21H19ClFN3O2. The van der Waals surface area contributed by atoms with Crippen LogP contribution in [-0.4, -0.2) is 42.4 Å². The molecule has 2 N–H and O–H groups in total. The Morgan fingerprint density at radius 3 is 3.04 bits per heavy atom. The van der Waals surface area contributed by atoms with Crippen LogP contribution in [0.5, 0.6) is 11.5 Å². The first kappa shape index (κ1) is 17.5. The number of anilines is 1. The van der Waals surface area contributed by atoms with Crippen LogP contribution in [0.15, 0.2) is 30.5 Å². The predicted molar refractivity (Wildman–Crippen MR) is 108 cm³/mol. The number of nitrogens with zero attached hydrogens (tertiary/aromatic N) is 2. The van der Waals surface area contributed by atoms with Crippen LogP contribution in [0.4, 0.5) is 10.1 Å². The molecule has 1 saturated heterocycles. The van der Waals surface area contributed by atoms with E-state index in [4.69, 9.17) is 16.3 Å². The summed E-state index contributed by atoms with van der Waals surface area (Å²) in [5.74, 6) is 0.0724. The maximum Gasteiger partial charge on any atom is 0.161 e. The van der Waals surface area contributed by atoms with E-state index in [1.165, 1.54) is 18.2 Å². The van der Waals surface area contributed by atoms with Crippen LogP contribution in [0.25, 0.3) is 22.0 Å². The van der Waals surface area contributed by atoms with Gasteiger partial charge in [-0.3, -0.25) is 4.98 Å². The first-order valence-electron chi connectivity index (χ1n) is 9.26. The van der Waals surface area contributed by atoms with Gasteiger partial charge in [0.2, 0.25) is 0 Å². The van der Waals surface area contributed by atoms with Crippen molar-refractivity contribution in [3.63, 3.8) is 0 Å². The van der Waals surface area contributed by atoms with Gasteiger partial charge in [-0.1, -0.05) is 17.7 Å². The molecule has 3 aromatic rings. The SMILES string of the molecule is Cc1c(-c2c(O)cccc2F)c(Cl)cc2c3c(cnc12)OC[C@H]1CNCCN31. The fourth-order valence-corrected chi connectivity index (χ4v) is 4.64. The topological polar surface area (TPSA) is 57.6 Å². The second kappa shape index (κ2) is 6.50. The number of aromatic nitrogens is 1. The fraction of sp³-hybridized carbons (Fsp3) is 0.286. The Bertz CT molecular complexity index is 1080. The van der Waals surface area contributed by atoms with Gasteiger partial charge in [0.1, 0.15) is 18.2 Å². The number of fused-ring (bicyclic) bond motifs is 5. The molecule has 0 unspecified atom stereocenters. The van der Waals surface area contributed by atoms with Crippen LogP contribution < -0.4 is 15.0 Å². The molecule has 28 heavy (non-hydrogen) atoms. The minimum Gasteiger partial charge on any atom is -0.507 e. The van der Waals surface area contributed by atoms with E-state index < -0.39 is 5.82 Å². The lowest BCUT2D eigenvalue weighted by molar-refractivity contribution is 0.247. The Balaban J connectivity index is 1.78. The zero-order chi connectivity index (χ0) is 19.4. The van der Waals surface area contributed by atoms with Gasteiger partial charge in [-0.2, -0.15) is 0 Å². The number of hydrogen-bond acceptors (Lipinski definition) is 5. The third kappa shape index (κ3) is 2.52. The number of hydrogen-bond donors (Lipinski definition) is 2. The smallest absolute Gasteiger partial charge is 0.161 e. The lowest BCUT2D eigenvalue weighted by Gasteiger charge is -2.42. The highest BCUT2D eigenvalue weighted by Crippen LogP contribution is 2.46. The number of aryl methyl sites for hydroxylation is 1. The third-order valence-electron chi connectivity index (χ3n) is 5.60. The molecule has 0 bridgehead atoms. The number of halogens is 2. The Kier molecular flexibility index (Phi) is 4.07. The second-order valence-electron chi connectivity index (χ2n) is 7.22. The highest BCUT2D eigenvalue weighted by Gasteiger charge is 2.32. The largest absolute Gasteiger partial charge is 0.507 e. The molecule has 2 aliphatic rings. The number of aromatic hydroxyl groups is 1. The standard InChI is InChI=1S/C21H19ClFN3O2/c1-11-18(19-15(23)3-2-4-16(19)27)14(22)7-13-20(11)25-9-17-21(13)26-6-5-24-8-12(26)10-28-17/h2-4,7,9,12,24,27H,5-6,8,10H2,1H3/t12-/m1/s1. The van der Waals surface area contributed by atoms with Crippen molar-refractivity contribution in [3.8, 4) is 22.6 Å². The highest BCUT2D eigenvalue weighted by atomic mass is 35.5. The van der Waals surface area contributed by atoms with Crippen LogP contribution in [-0.2, 0) is 0 Å². The quantitative estimate of drug-likeness (QED) is 0.650. The average Bonchev–Trinajstić information content (AvgIpc) is 2.69. The normalized spacial score (nSPS) is 18.5. The first-order valence-corrected chi connectivity index (χ1v) is 9.64. The predicted octanol–water partition coefficient (Wildman–Crippen LogP) is 3.88. The van der Waals surface area contributed by atoms with E-state index in [1.54, 1.807) is 6.20 Å². The molecule has 1 atom stereocenters. The summed E-state index contributed by atoms with van der Waals surface area (Å²) in [6.07, 6.45) is 1.72. The summed E-state index contributed by atoms with van der Waals surface area (Å²) in [6.45, 7) is 5.09. The molecule has 5 rings (SSSR count). The monoisotopic (exact) mass is 399 g/mol. The van der Waals surface area contributed by atoms with Gasteiger partial charge in [-0.25, -0.2) is 4.39 Å². The van der Waals surface area contributed by atoms with Crippen molar-refractivity contribution in [2.75, 3.05) is 31.1 Å². The summed E-state index contributed by atoms with van der Waals surface area (Å²) in [7, 11) is 0. The molecule has 7 heteroatoms. The number of phenolic OH excluding ortho intramolecular Hbond substituents is 1. The number of phenols is 1. The summed E-state index contributed by atoms with van der Waals surface area (Å²) >= 11 is 6.63. The van der Waals surface area contributed by atoms with Gasteiger partial charge >= 0.3 is 0 Å². The van der Waals surface area contributed by atoms with Gasteiger partial charge < -0.3 is 20.1 Å². The molecule has 2 aliphatic heterocycles. The molecule has 3 heterocycles. The van der Waals surface area contributed by atoms with E-state index in [2.05, 4.69) is 15.2 Å². The van der Waals surface area contributed by atoms with E-state index in [0.29, 0.717) is 17.2 Å². The van der Waals surface area contributed by atoms with Crippen molar-refractivity contribution in [2.45, 2.75) is 13.0 Å². The van der Waals surface area contributed by atoms with Crippen molar-refractivity contribution in [1.82, 2.24) is 10.3 Å². The molecule has 144 valence electrons. The Morgan fingerprint density at radius 2 is 2.21 bits per heavy atom. The van der Waals surface area contributed by atoms with Crippen molar-refractivity contribution in [1.29, 1.82) is 0 Å². The van der Waals surface area contributed by atoms with Crippen LogP contribution in [0.3, 0.4) is 0 Å². The Labute approximate surface area is 166 Å². The number of benzene rings is 2. The molecule has 0 aliphatic carbocycles. The Morgan fingerprint density at radius 1 is 1.36 bits per heavy atom. The number of rotatable bonds is 1. The van der Waals surface area contributed by atoms with Crippen molar-refractivity contribution >= 4 is 28.2 Å². The van der Waals surface area contributed by atoms with Crippen LogP contribution in [0.1, 0.15) is 5.56 Å². The molecule has 1 aromatic heterocycles. The first-order chi connectivity index (χ1) is 13.6. The lowest BCUT2D eigenvalue weighted by atomic mass is 9.95. The summed E-state index contributed by atoms with van der Waals surface area (Å²) in [6, 6.07) is 6.30. The van der Waals surface area contributed by atoms with Gasteiger partial charge in [-0.05, 0) is 30.7 Å². The molecule has 1 fully saturated rings. The summed E-state index contributed by atoms with van der Waals surface area (Å²) in [4.78, 5) is 6.93. The fourth-order valence-electron chi connectivity index (χ4n) is 4.29. The molecule has 0 amide bonds. The summed E-state index contributed by atoms with van der Waals surface area (Å²) in [5, 5.41) is 14.9. The number of pyridine rings is 1. The summed E-state index contributed by atoms with van der Waals surface area (Å²) in [5.41, 5.74) is 3.00. The molecule has 5 nitrogen and oxygen atoms in total. The van der Waals surface area contributed by atoms with Gasteiger partial charge in [0, 0.05) is 35.6 Å². The van der Waals surface area contributed by atoms with Gasteiger partial charge in [0.25, 0.3) is 0 Å². The highest BCUT2D eigenvalue weighted by molar-refractivity contribution is 6.35. The molecule has 0 saturated carbocycles. The van der Waals surface area contributed by atoms with Crippen molar-refractivity contribution in [2.24, 2.45) is 0 Å². The van der Waals surface area contributed by atoms with E-state index in [1.807, 2.05) is 13.0 Å². The van der Waals surface area contributed by atoms with E-state index >= 15 is 0 Å². The number of nitrogens with one attached hydrogen (secondary N) is 1. The second-order valence-corrected chi connectivity index (χ2v) is 7.63. The van der Waals surface area contributed by atoms with E-state index in [0.717, 1.165) is 47.5 Å². The number of ether oxygens (including phenoxy) is 1. The van der Waals surface area contributed by atoms with Crippen LogP contribution in [0, 0.1) is 12.7 Å². The third-order valence-corrected chi connectivity index (χ3v) is 5.90. The van der Waals surface area contributed by atoms with E-state index in [9.17, 15) is 9.50 Å². The molecule has 0 radical (unpaired) electrons. The maximum absolute atomic E-state index is 14.5. The van der Waals surface area contributed by atoms with Crippen molar-refractivity contribution < 1.29 is 14.2 Å². The van der Waals surface area contributed by atoms with Gasteiger partial charge in [0.05, 0.1) is 29.0 Å². The van der Waals surface area contributed by atoms with E-state index in [-0.39, 0.29) is 17.4 Å². The van der Waals surface area contributed by atoms with Crippen LogP contribution >= 0.6 is 11.6 Å². The average molecular weight is 400 g/mol. The van der Waals surface area contributed by atoms with Crippen LogP contribution in [0.2, 0.25) is 5.02 Å². The van der Waals surface area contributed by atoms with Gasteiger partial charge in [0.15, 0.2) is 5.75 Å². The molecule has 0 spiro atoms.